The van der Waals surface area contributed by atoms with Gasteiger partial charge in [-0.3, -0.25) is 9.59 Å². The molecule has 0 fully saturated rings. The van der Waals surface area contributed by atoms with Gasteiger partial charge in [-0.2, -0.15) is 0 Å². The normalized spacial score (nSPS) is 19.3. The summed E-state index contributed by atoms with van der Waals surface area (Å²) < 4.78 is 0. The molecule has 0 radical (unpaired) electrons. The summed E-state index contributed by atoms with van der Waals surface area (Å²) >= 11 is 0. The smallest absolute Gasteiger partial charge is 0.193 e. The van der Waals surface area contributed by atoms with Crippen molar-refractivity contribution in [2.75, 3.05) is 0 Å². The lowest BCUT2D eigenvalue weighted by molar-refractivity contribution is -0.114. The van der Waals surface area contributed by atoms with E-state index in [9.17, 15) is 14.7 Å². The highest BCUT2D eigenvalue weighted by Gasteiger charge is 2.34. The molecule has 2 aliphatic rings. The zero-order valence-electron chi connectivity index (χ0n) is 19.0. The van der Waals surface area contributed by atoms with E-state index < -0.39 is 0 Å². The highest BCUT2D eigenvalue weighted by Crippen LogP contribution is 2.42. The number of fused-ring (bicyclic) bond motifs is 1. The number of carbonyl (C=O) groups excluding carboxylic acids is 2. The molecule has 2 aromatic rings. The van der Waals surface area contributed by atoms with Crippen molar-refractivity contribution in [2.45, 2.75) is 64.7 Å². The topological polar surface area (TPSA) is 54.4 Å². The number of rotatable bonds is 3. The Morgan fingerprint density at radius 2 is 1.48 bits per heavy atom. The predicted octanol–water partition coefficient (Wildman–Crippen LogP) is 6.37. The molecule has 0 saturated carbocycles. The molecule has 0 bridgehead atoms. The third-order valence-electron chi connectivity index (χ3n) is 6.73. The van der Waals surface area contributed by atoms with Crippen LogP contribution in [0.5, 0.6) is 0 Å². The molecule has 0 spiro atoms. The van der Waals surface area contributed by atoms with Gasteiger partial charge in [0.2, 0.25) is 0 Å². The van der Waals surface area contributed by atoms with Gasteiger partial charge in [0.25, 0.3) is 0 Å². The first kappa shape index (κ1) is 21.3. The second kappa shape index (κ2) is 7.33. The number of hydrogen-bond donors (Lipinski definition) is 1. The number of aliphatic hydroxyl groups excluding tert-OH is 1. The minimum Gasteiger partial charge on any atom is -0.512 e. The quantitative estimate of drug-likeness (QED) is 0.469. The van der Waals surface area contributed by atoms with Crippen molar-refractivity contribution in [3.8, 4) is 0 Å². The highest BCUT2D eigenvalue weighted by atomic mass is 16.3. The second-order valence-corrected chi connectivity index (χ2v) is 9.99. The molecule has 0 heterocycles. The fourth-order valence-corrected chi connectivity index (χ4v) is 4.71. The lowest BCUT2D eigenvalue weighted by Crippen LogP contribution is -2.29. The van der Waals surface area contributed by atoms with Crippen LogP contribution in [-0.2, 0) is 15.6 Å². The Bertz CT molecular complexity index is 1140. The first-order valence-corrected chi connectivity index (χ1v) is 11.0. The zero-order valence-corrected chi connectivity index (χ0v) is 19.0. The van der Waals surface area contributed by atoms with Gasteiger partial charge in [0.15, 0.2) is 11.6 Å². The van der Waals surface area contributed by atoms with Crippen LogP contribution in [0, 0.1) is 6.92 Å². The van der Waals surface area contributed by atoms with Gasteiger partial charge in [-0.05, 0) is 41.7 Å². The summed E-state index contributed by atoms with van der Waals surface area (Å²) in [6.07, 6.45) is 6.15. The maximum atomic E-state index is 13.4. The Hall–Kier alpha value is -2.94. The van der Waals surface area contributed by atoms with E-state index in [-0.39, 0.29) is 28.2 Å². The number of ketones is 2. The van der Waals surface area contributed by atoms with Crippen LogP contribution in [0.1, 0.15) is 85.1 Å². The molecule has 2 aliphatic carbocycles. The molecular weight excluding hydrogens is 384 g/mol. The summed E-state index contributed by atoms with van der Waals surface area (Å²) in [5, 5.41) is 10.2. The standard InChI is InChI=1S/C28H30O3/c1-17-15-21-22(28(4,5)14-13-27(21,2)3)16-20(17)26(31)19-11-9-18(10-12-19)25-23(29)7-6-8-24(25)30/h9-16,29H,6-8H2,1-5H3. The average molecular weight is 415 g/mol. The fraction of sp³-hybridized carbons (Fsp3) is 0.357. The van der Waals surface area contributed by atoms with E-state index in [1.165, 1.54) is 11.1 Å². The van der Waals surface area contributed by atoms with Crippen LogP contribution < -0.4 is 0 Å². The maximum absolute atomic E-state index is 13.4. The average Bonchev–Trinajstić information content (AvgIpc) is 2.71. The molecule has 31 heavy (non-hydrogen) atoms. The molecule has 0 amide bonds. The minimum absolute atomic E-state index is 0.0248. The van der Waals surface area contributed by atoms with Crippen LogP contribution in [0.25, 0.3) is 5.57 Å². The molecule has 2 aromatic carbocycles. The molecule has 160 valence electrons. The first-order chi connectivity index (χ1) is 14.5. The number of carbonyl (C=O) groups is 2. The van der Waals surface area contributed by atoms with Gasteiger partial charge in [0, 0.05) is 34.8 Å². The molecule has 0 aliphatic heterocycles. The summed E-state index contributed by atoms with van der Waals surface area (Å²) in [7, 11) is 0. The number of aliphatic hydroxyl groups is 1. The number of Topliss-reactive ketones (excluding diaryl/α,β-unsaturated/α-hetero) is 1. The monoisotopic (exact) mass is 414 g/mol. The van der Waals surface area contributed by atoms with Crippen molar-refractivity contribution < 1.29 is 14.7 Å². The summed E-state index contributed by atoms with van der Waals surface area (Å²) in [4.78, 5) is 25.6. The molecule has 3 heteroatoms. The fourth-order valence-electron chi connectivity index (χ4n) is 4.71. The Balaban J connectivity index is 1.72. The third kappa shape index (κ3) is 3.67. The first-order valence-electron chi connectivity index (χ1n) is 11.0. The van der Waals surface area contributed by atoms with Crippen molar-refractivity contribution in [3.63, 3.8) is 0 Å². The molecule has 4 rings (SSSR count). The van der Waals surface area contributed by atoms with Crippen molar-refractivity contribution in [3.05, 3.63) is 87.7 Å². The molecule has 0 saturated heterocycles. The summed E-state index contributed by atoms with van der Waals surface area (Å²) in [5.41, 5.74) is 5.58. The van der Waals surface area contributed by atoms with Gasteiger partial charge in [0.05, 0.1) is 5.57 Å². The lowest BCUT2D eigenvalue weighted by Gasteiger charge is -2.37. The van der Waals surface area contributed by atoms with Gasteiger partial charge < -0.3 is 5.11 Å². The van der Waals surface area contributed by atoms with Crippen molar-refractivity contribution in [2.24, 2.45) is 0 Å². The molecular formula is C28H30O3. The van der Waals surface area contributed by atoms with Gasteiger partial charge >= 0.3 is 0 Å². The zero-order chi connectivity index (χ0) is 22.6. The maximum Gasteiger partial charge on any atom is 0.193 e. The lowest BCUT2D eigenvalue weighted by atomic mass is 9.67. The van der Waals surface area contributed by atoms with E-state index in [0.717, 1.165) is 5.56 Å². The Labute approximate surface area is 184 Å². The van der Waals surface area contributed by atoms with Gasteiger partial charge in [-0.1, -0.05) is 70.2 Å². The van der Waals surface area contributed by atoms with Crippen LogP contribution >= 0.6 is 0 Å². The van der Waals surface area contributed by atoms with Crippen LogP contribution in [0.2, 0.25) is 0 Å². The van der Waals surface area contributed by atoms with Crippen LogP contribution in [0.15, 0.2) is 54.3 Å². The summed E-state index contributed by atoms with van der Waals surface area (Å²) in [5.74, 6) is 0.0909. The summed E-state index contributed by atoms with van der Waals surface area (Å²) in [6.45, 7) is 10.8. The van der Waals surface area contributed by atoms with E-state index in [2.05, 4.69) is 52.0 Å². The van der Waals surface area contributed by atoms with Gasteiger partial charge in [0.1, 0.15) is 5.76 Å². The number of benzene rings is 2. The van der Waals surface area contributed by atoms with E-state index in [0.29, 0.717) is 41.5 Å². The van der Waals surface area contributed by atoms with Crippen molar-refractivity contribution >= 4 is 17.1 Å². The molecule has 0 aromatic heterocycles. The van der Waals surface area contributed by atoms with Crippen LogP contribution in [0.4, 0.5) is 0 Å². The number of aryl methyl sites for hydroxylation is 1. The third-order valence-corrected chi connectivity index (χ3v) is 6.73. The molecule has 0 atom stereocenters. The van der Waals surface area contributed by atoms with Gasteiger partial charge in [-0.25, -0.2) is 0 Å². The predicted molar refractivity (Wildman–Crippen MR) is 125 cm³/mol. The van der Waals surface area contributed by atoms with E-state index >= 15 is 0 Å². The Morgan fingerprint density at radius 1 is 0.903 bits per heavy atom. The minimum atomic E-state index is -0.136. The second-order valence-electron chi connectivity index (χ2n) is 9.99. The van der Waals surface area contributed by atoms with E-state index in [4.69, 9.17) is 0 Å². The van der Waals surface area contributed by atoms with E-state index in [1.54, 1.807) is 24.3 Å². The Kier molecular flexibility index (Phi) is 5.04. The van der Waals surface area contributed by atoms with Gasteiger partial charge in [-0.15, -0.1) is 0 Å². The number of hydrogen-bond acceptors (Lipinski definition) is 3. The van der Waals surface area contributed by atoms with Crippen molar-refractivity contribution in [1.82, 2.24) is 0 Å². The van der Waals surface area contributed by atoms with Crippen LogP contribution in [0.3, 0.4) is 0 Å². The largest absolute Gasteiger partial charge is 0.512 e. The highest BCUT2D eigenvalue weighted by molar-refractivity contribution is 6.22. The van der Waals surface area contributed by atoms with E-state index in [1.807, 2.05) is 6.92 Å². The molecule has 0 unspecified atom stereocenters. The summed E-state index contributed by atoms with van der Waals surface area (Å²) in [6, 6.07) is 11.3. The number of allylic oxidation sites excluding steroid dienone is 4. The SMILES string of the molecule is Cc1cc2c(cc1C(=O)c1ccc(C3=C(O)CCCC3=O)cc1)C(C)(C)C=CC2(C)C. The van der Waals surface area contributed by atoms with Crippen LogP contribution in [-0.4, -0.2) is 16.7 Å². The van der Waals surface area contributed by atoms with Crippen molar-refractivity contribution in [1.29, 1.82) is 0 Å². The molecule has 1 N–H and O–H groups in total. The molecule has 3 nitrogen and oxygen atoms in total. The Morgan fingerprint density at radius 3 is 2.06 bits per heavy atom.